The van der Waals surface area contributed by atoms with Gasteiger partial charge < -0.3 is 4.74 Å². The van der Waals surface area contributed by atoms with Crippen molar-refractivity contribution in [3.05, 3.63) is 94.0 Å². The minimum Gasteiger partial charge on any atom is -0.465 e. The highest BCUT2D eigenvalue weighted by Gasteiger charge is 2.20. The van der Waals surface area contributed by atoms with Crippen LogP contribution >= 0.6 is 0 Å². The van der Waals surface area contributed by atoms with Crippen LogP contribution in [0, 0.1) is 0 Å². The number of pyridine rings is 2. The fourth-order valence-corrected chi connectivity index (χ4v) is 2.43. The monoisotopic (exact) mass is 334 g/mol. The molecule has 0 saturated heterocycles. The smallest absolute Gasteiger partial charge is 0.338 e. The molecule has 0 N–H and O–H groups in total. The van der Waals surface area contributed by atoms with Crippen LogP contribution in [0.15, 0.2) is 71.7 Å². The molecule has 0 atom stereocenters. The number of aromatic nitrogens is 2. The number of rotatable bonds is 4. The lowest BCUT2D eigenvalue weighted by molar-refractivity contribution is 0.0600. The summed E-state index contributed by atoms with van der Waals surface area (Å²) in [5.74, 6) is -0.787. The normalized spacial score (nSPS) is 10.3. The molecule has 0 amide bonds. The third-order valence-corrected chi connectivity index (χ3v) is 3.60. The van der Waals surface area contributed by atoms with Crippen LogP contribution in [0.5, 0.6) is 0 Å². The van der Waals surface area contributed by atoms with Crippen LogP contribution in [-0.4, -0.2) is 28.4 Å². The lowest BCUT2D eigenvalue weighted by Crippen LogP contribution is -2.27. The Morgan fingerprint density at radius 1 is 0.960 bits per heavy atom. The Balaban J connectivity index is 2.26. The highest BCUT2D eigenvalue weighted by Crippen LogP contribution is 2.14. The Morgan fingerprint density at radius 2 is 1.68 bits per heavy atom. The van der Waals surface area contributed by atoms with Gasteiger partial charge in [-0.25, -0.2) is 9.78 Å². The third-order valence-electron chi connectivity index (χ3n) is 3.60. The first-order valence-corrected chi connectivity index (χ1v) is 7.48. The molecule has 0 bridgehead atoms. The van der Waals surface area contributed by atoms with E-state index < -0.39 is 17.3 Å². The van der Waals surface area contributed by atoms with E-state index >= 15 is 0 Å². The fraction of sp³-hybridized carbons (Fsp3) is 0.0526. The zero-order valence-corrected chi connectivity index (χ0v) is 13.4. The van der Waals surface area contributed by atoms with Crippen molar-refractivity contribution in [2.24, 2.45) is 0 Å². The van der Waals surface area contributed by atoms with Crippen molar-refractivity contribution in [2.75, 3.05) is 7.11 Å². The van der Waals surface area contributed by atoms with E-state index in [1.807, 2.05) is 0 Å². The SMILES string of the molecule is COC(=O)c1cc(C(=O)c2ccccc2)n(-c2ccccn2)c(=O)c1. The summed E-state index contributed by atoms with van der Waals surface area (Å²) in [5.41, 5.74) is -0.0914. The Bertz CT molecular complexity index is 979. The first-order valence-electron chi connectivity index (χ1n) is 7.48. The average Bonchev–Trinajstić information content (AvgIpc) is 2.67. The van der Waals surface area contributed by atoms with Gasteiger partial charge in [-0.3, -0.25) is 14.2 Å². The number of benzene rings is 1. The van der Waals surface area contributed by atoms with Gasteiger partial charge in [0, 0.05) is 17.8 Å². The number of nitrogens with zero attached hydrogens (tertiary/aromatic N) is 2. The second kappa shape index (κ2) is 6.92. The zero-order valence-electron chi connectivity index (χ0n) is 13.4. The topological polar surface area (TPSA) is 78.3 Å². The van der Waals surface area contributed by atoms with E-state index in [1.165, 1.54) is 23.9 Å². The predicted octanol–water partition coefficient (Wildman–Crippen LogP) is 2.25. The van der Waals surface area contributed by atoms with E-state index in [2.05, 4.69) is 9.72 Å². The summed E-state index contributed by atoms with van der Waals surface area (Å²) in [6, 6.07) is 16.0. The summed E-state index contributed by atoms with van der Waals surface area (Å²) in [6.45, 7) is 0. The van der Waals surface area contributed by atoms with E-state index in [-0.39, 0.29) is 11.3 Å². The van der Waals surface area contributed by atoms with Crippen LogP contribution in [0.2, 0.25) is 0 Å². The summed E-state index contributed by atoms with van der Waals surface area (Å²) < 4.78 is 5.85. The lowest BCUT2D eigenvalue weighted by Gasteiger charge is -2.12. The van der Waals surface area contributed by atoms with Crippen LogP contribution in [0.4, 0.5) is 0 Å². The van der Waals surface area contributed by atoms with Gasteiger partial charge >= 0.3 is 5.97 Å². The van der Waals surface area contributed by atoms with E-state index in [9.17, 15) is 14.4 Å². The van der Waals surface area contributed by atoms with Gasteiger partial charge in [-0.2, -0.15) is 0 Å². The number of carbonyl (C=O) groups is 2. The molecule has 0 saturated carbocycles. The Hall–Kier alpha value is -3.54. The first kappa shape index (κ1) is 16.3. The number of methoxy groups -OCH3 is 1. The summed E-state index contributed by atoms with van der Waals surface area (Å²) in [4.78, 5) is 41.5. The molecular formula is C19H14N2O4. The molecule has 2 aromatic heterocycles. The summed E-state index contributed by atoms with van der Waals surface area (Å²) >= 11 is 0. The second-order valence-corrected chi connectivity index (χ2v) is 5.18. The number of ether oxygens (including phenoxy) is 1. The van der Waals surface area contributed by atoms with Crippen LogP contribution in [-0.2, 0) is 4.74 Å². The molecule has 0 radical (unpaired) electrons. The minimum atomic E-state index is -0.688. The molecule has 1 aromatic carbocycles. The maximum Gasteiger partial charge on any atom is 0.338 e. The molecule has 0 aliphatic heterocycles. The van der Waals surface area contributed by atoms with Crippen molar-refractivity contribution in [1.82, 2.24) is 9.55 Å². The Morgan fingerprint density at radius 3 is 2.32 bits per heavy atom. The van der Waals surface area contributed by atoms with E-state index in [0.29, 0.717) is 11.4 Å². The van der Waals surface area contributed by atoms with Gasteiger partial charge in [0.25, 0.3) is 5.56 Å². The zero-order chi connectivity index (χ0) is 17.8. The van der Waals surface area contributed by atoms with Crippen LogP contribution in [0.25, 0.3) is 5.82 Å². The first-order chi connectivity index (χ1) is 12.1. The number of ketones is 1. The van der Waals surface area contributed by atoms with Crippen molar-refractivity contribution >= 4 is 11.8 Å². The van der Waals surface area contributed by atoms with Crippen molar-refractivity contribution < 1.29 is 14.3 Å². The quantitative estimate of drug-likeness (QED) is 0.540. The number of carbonyl (C=O) groups excluding carboxylic acids is 2. The van der Waals surface area contributed by atoms with E-state index in [1.54, 1.807) is 48.5 Å². The Kier molecular flexibility index (Phi) is 4.52. The van der Waals surface area contributed by atoms with Crippen molar-refractivity contribution in [3.63, 3.8) is 0 Å². The molecule has 3 rings (SSSR count). The average molecular weight is 334 g/mol. The van der Waals surface area contributed by atoms with Gasteiger partial charge in [-0.15, -0.1) is 0 Å². The van der Waals surface area contributed by atoms with Crippen molar-refractivity contribution in [1.29, 1.82) is 0 Å². The Labute approximate surface area is 143 Å². The van der Waals surface area contributed by atoms with E-state index in [4.69, 9.17) is 0 Å². The molecule has 0 aliphatic rings. The second-order valence-electron chi connectivity index (χ2n) is 5.18. The molecule has 2 heterocycles. The van der Waals surface area contributed by atoms with Crippen LogP contribution in [0.1, 0.15) is 26.4 Å². The molecular weight excluding hydrogens is 320 g/mol. The lowest BCUT2D eigenvalue weighted by atomic mass is 10.1. The van der Waals surface area contributed by atoms with Gasteiger partial charge in [0.1, 0.15) is 5.82 Å². The van der Waals surface area contributed by atoms with Gasteiger partial charge in [-0.05, 0) is 18.2 Å². The largest absolute Gasteiger partial charge is 0.465 e. The van der Waals surface area contributed by atoms with Gasteiger partial charge in [0.2, 0.25) is 5.78 Å². The van der Waals surface area contributed by atoms with E-state index in [0.717, 1.165) is 6.07 Å². The number of hydrogen-bond donors (Lipinski definition) is 0. The fourth-order valence-electron chi connectivity index (χ4n) is 2.43. The standard InChI is InChI=1S/C19H14N2O4/c1-25-19(24)14-11-15(18(23)13-7-3-2-4-8-13)21(17(22)12-14)16-9-5-6-10-20-16/h2-12H,1H3. The number of esters is 1. The highest BCUT2D eigenvalue weighted by atomic mass is 16.5. The van der Waals surface area contributed by atoms with Crippen LogP contribution < -0.4 is 5.56 Å². The molecule has 124 valence electrons. The molecule has 25 heavy (non-hydrogen) atoms. The molecule has 0 spiro atoms. The molecule has 6 nitrogen and oxygen atoms in total. The summed E-state index contributed by atoms with van der Waals surface area (Å²) in [5, 5.41) is 0. The maximum atomic E-state index is 12.9. The number of hydrogen-bond acceptors (Lipinski definition) is 5. The van der Waals surface area contributed by atoms with Crippen LogP contribution in [0.3, 0.4) is 0 Å². The summed E-state index contributed by atoms with van der Waals surface area (Å²) in [7, 11) is 1.21. The molecule has 0 aliphatic carbocycles. The molecule has 0 unspecified atom stereocenters. The summed E-state index contributed by atoms with van der Waals surface area (Å²) in [6.07, 6.45) is 1.52. The van der Waals surface area contributed by atoms with Gasteiger partial charge in [-0.1, -0.05) is 36.4 Å². The van der Waals surface area contributed by atoms with Crippen molar-refractivity contribution in [2.45, 2.75) is 0 Å². The maximum absolute atomic E-state index is 12.9. The van der Waals surface area contributed by atoms with Gasteiger partial charge in [0.05, 0.1) is 18.4 Å². The molecule has 0 fully saturated rings. The predicted molar refractivity (Wildman–Crippen MR) is 91.0 cm³/mol. The molecule has 6 heteroatoms. The van der Waals surface area contributed by atoms with Gasteiger partial charge in [0.15, 0.2) is 0 Å². The minimum absolute atomic E-state index is 0.0129. The molecule has 3 aromatic rings. The third kappa shape index (κ3) is 3.23. The van der Waals surface area contributed by atoms with Crippen molar-refractivity contribution in [3.8, 4) is 5.82 Å². The highest BCUT2D eigenvalue weighted by molar-refractivity contribution is 6.09.